The van der Waals surface area contributed by atoms with E-state index in [-0.39, 0.29) is 16.4 Å². The predicted octanol–water partition coefficient (Wildman–Crippen LogP) is 2.54. The number of Topliss-reactive ketones (excluding diaryl/α,β-unsaturated/α-hetero) is 2. The predicted molar refractivity (Wildman–Crippen MR) is 63.2 cm³/mol. The van der Waals surface area contributed by atoms with Crippen molar-refractivity contribution in [3.63, 3.8) is 0 Å². The third-order valence-corrected chi connectivity index (χ3v) is 3.03. The monoisotopic (exact) mass is 268 g/mol. The van der Waals surface area contributed by atoms with Crippen LogP contribution in [0, 0.1) is 0 Å². The van der Waals surface area contributed by atoms with Crippen molar-refractivity contribution in [2.45, 2.75) is 24.6 Å². The van der Waals surface area contributed by atoms with Crippen molar-refractivity contribution in [1.82, 2.24) is 0 Å². The van der Waals surface area contributed by atoms with Gasteiger partial charge in [-0.25, -0.2) is 0 Å². The molecular formula is C12H13BrO2. The Morgan fingerprint density at radius 3 is 2.40 bits per heavy atom. The molecule has 0 spiro atoms. The van der Waals surface area contributed by atoms with Crippen molar-refractivity contribution in [3.05, 3.63) is 35.9 Å². The maximum absolute atomic E-state index is 11.3. The van der Waals surface area contributed by atoms with Gasteiger partial charge >= 0.3 is 0 Å². The van der Waals surface area contributed by atoms with Crippen molar-refractivity contribution >= 4 is 27.5 Å². The van der Waals surface area contributed by atoms with Crippen molar-refractivity contribution < 1.29 is 9.59 Å². The number of hydrogen-bond acceptors (Lipinski definition) is 2. The van der Waals surface area contributed by atoms with Gasteiger partial charge in [-0.3, -0.25) is 9.59 Å². The van der Waals surface area contributed by atoms with Gasteiger partial charge in [0.05, 0.1) is 4.83 Å². The molecule has 1 atom stereocenters. The van der Waals surface area contributed by atoms with Gasteiger partial charge in [-0.1, -0.05) is 46.3 Å². The first-order valence-electron chi connectivity index (χ1n) is 4.84. The van der Waals surface area contributed by atoms with E-state index in [2.05, 4.69) is 15.9 Å². The Kier molecular flexibility index (Phi) is 4.69. The maximum atomic E-state index is 11.3. The molecule has 0 N–H and O–H groups in total. The van der Waals surface area contributed by atoms with Crippen molar-refractivity contribution in [2.24, 2.45) is 0 Å². The molecule has 1 rings (SSSR count). The number of alkyl halides is 1. The Bertz CT molecular complexity index is 346. The van der Waals surface area contributed by atoms with E-state index in [4.69, 9.17) is 0 Å². The molecule has 1 aromatic rings. The molecule has 0 fully saturated rings. The number of hydrogen-bond donors (Lipinski definition) is 0. The van der Waals surface area contributed by atoms with E-state index in [0.717, 1.165) is 6.42 Å². The maximum Gasteiger partial charge on any atom is 0.211 e. The molecule has 0 saturated carbocycles. The minimum absolute atomic E-state index is 0.342. The van der Waals surface area contributed by atoms with Crippen LogP contribution in [0.15, 0.2) is 30.3 Å². The smallest absolute Gasteiger partial charge is 0.211 e. The molecule has 1 unspecified atom stereocenters. The van der Waals surface area contributed by atoms with Crippen molar-refractivity contribution in [1.29, 1.82) is 0 Å². The highest BCUT2D eigenvalue weighted by atomic mass is 79.9. The second-order valence-electron chi connectivity index (χ2n) is 3.41. The molecule has 0 saturated heterocycles. The quantitative estimate of drug-likeness (QED) is 0.608. The fraction of sp³-hybridized carbons (Fsp3) is 0.333. The van der Waals surface area contributed by atoms with E-state index in [9.17, 15) is 9.59 Å². The van der Waals surface area contributed by atoms with Crippen molar-refractivity contribution in [2.75, 3.05) is 0 Å². The lowest BCUT2D eigenvalue weighted by atomic mass is 10.1. The molecule has 0 heterocycles. The van der Waals surface area contributed by atoms with Gasteiger partial charge in [-0.05, 0) is 18.4 Å². The van der Waals surface area contributed by atoms with Crippen LogP contribution < -0.4 is 0 Å². The van der Waals surface area contributed by atoms with Gasteiger partial charge in [0, 0.05) is 6.92 Å². The molecule has 2 nitrogen and oxygen atoms in total. The van der Waals surface area contributed by atoms with E-state index in [1.54, 1.807) is 0 Å². The zero-order valence-corrected chi connectivity index (χ0v) is 10.2. The molecule has 3 heteroatoms. The van der Waals surface area contributed by atoms with Crippen LogP contribution in [0.1, 0.15) is 18.9 Å². The van der Waals surface area contributed by atoms with E-state index < -0.39 is 0 Å². The minimum atomic E-state index is -0.384. The van der Waals surface area contributed by atoms with Gasteiger partial charge in [0.1, 0.15) is 0 Å². The average molecular weight is 269 g/mol. The zero-order valence-electron chi connectivity index (χ0n) is 8.57. The molecular weight excluding hydrogens is 256 g/mol. The minimum Gasteiger partial charge on any atom is -0.291 e. The Morgan fingerprint density at radius 2 is 1.87 bits per heavy atom. The number of halogens is 1. The summed E-state index contributed by atoms with van der Waals surface area (Å²) in [5.41, 5.74) is 1.18. The molecule has 15 heavy (non-hydrogen) atoms. The van der Waals surface area contributed by atoms with Gasteiger partial charge in [-0.15, -0.1) is 0 Å². The molecule has 1 aromatic carbocycles. The van der Waals surface area contributed by atoms with Crippen LogP contribution in [-0.2, 0) is 16.0 Å². The number of carbonyl (C=O) groups excluding carboxylic acids is 2. The highest BCUT2D eigenvalue weighted by Gasteiger charge is 2.18. The highest BCUT2D eigenvalue weighted by Crippen LogP contribution is 2.12. The Hall–Kier alpha value is -0.960. The summed E-state index contributed by atoms with van der Waals surface area (Å²) in [5.74, 6) is -0.726. The van der Waals surface area contributed by atoms with Crippen LogP contribution in [0.3, 0.4) is 0 Å². The Morgan fingerprint density at radius 1 is 1.27 bits per heavy atom. The number of benzene rings is 1. The summed E-state index contributed by atoms with van der Waals surface area (Å²) in [6.45, 7) is 1.30. The normalized spacial score (nSPS) is 12.1. The first-order chi connectivity index (χ1) is 7.11. The first-order valence-corrected chi connectivity index (χ1v) is 5.75. The fourth-order valence-electron chi connectivity index (χ4n) is 1.29. The molecule has 0 amide bonds. The first kappa shape index (κ1) is 12.1. The molecule has 0 aliphatic carbocycles. The molecule has 0 bridgehead atoms. The van der Waals surface area contributed by atoms with Gasteiger partial charge in [0.2, 0.25) is 5.78 Å². The third-order valence-electron chi connectivity index (χ3n) is 2.16. The van der Waals surface area contributed by atoms with Crippen LogP contribution in [-0.4, -0.2) is 16.4 Å². The lowest BCUT2D eigenvalue weighted by Crippen LogP contribution is -2.21. The summed E-state index contributed by atoms with van der Waals surface area (Å²) in [6.07, 6.45) is 1.46. The summed E-state index contributed by atoms with van der Waals surface area (Å²) in [5, 5.41) is 0. The lowest BCUT2D eigenvalue weighted by molar-refractivity contribution is -0.134. The second kappa shape index (κ2) is 5.81. The highest BCUT2D eigenvalue weighted by molar-refractivity contribution is 9.10. The number of rotatable bonds is 5. The molecule has 0 radical (unpaired) electrons. The van der Waals surface area contributed by atoms with Gasteiger partial charge in [0.15, 0.2) is 5.78 Å². The van der Waals surface area contributed by atoms with Gasteiger partial charge in [0.25, 0.3) is 0 Å². The van der Waals surface area contributed by atoms with E-state index in [1.807, 2.05) is 30.3 Å². The Labute approximate surface area is 97.8 Å². The summed E-state index contributed by atoms with van der Waals surface area (Å²) in [4.78, 5) is 21.7. The van der Waals surface area contributed by atoms with Crippen LogP contribution in [0.25, 0.3) is 0 Å². The standard InChI is InChI=1S/C12H13BrO2/c1-9(14)12(15)11(13)8-7-10-5-3-2-4-6-10/h2-6,11H,7-8H2,1H3. The second-order valence-corrected chi connectivity index (χ2v) is 4.52. The van der Waals surface area contributed by atoms with Crippen LogP contribution in [0.4, 0.5) is 0 Å². The van der Waals surface area contributed by atoms with Crippen LogP contribution >= 0.6 is 15.9 Å². The average Bonchev–Trinajstić information content (AvgIpc) is 2.26. The van der Waals surface area contributed by atoms with E-state index in [1.165, 1.54) is 12.5 Å². The largest absolute Gasteiger partial charge is 0.291 e. The SMILES string of the molecule is CC(=O)C(=O)C(Br)CCc1ccccc1. The summed E-state index contributed by atoms with van der Waals surface area (Å²) >= 11 is 3.23. The Balaban J connectivity index is 2.44. The topological polar surface area (TPSA) is 34.1 Å². The van der Waals surface area contributed by atoms with Crippen LogP contribution in [0.2, 0.25) is 0 Å². The van der Waals surface area contributed by atoms with E-state index >= 15 is 0 Å². The molecule has 0 aliphatic heterocycles. The van der Waals surface area contributed by atoms with Crippen molar-refractivity contribution in [3.8, 4) is 0 Å². The molecule has 0 aliphatic rings. The summed E-state index contributed by atoms with van der Waals surface area (Å²) in [7, 11) is 0. The molecule has 80 valence electrons. The van der Waals surface area contributed by atoms with Crippen LogP contribution in [0.5, 0.6) is 0 Å². The lowest BCUT2D eigenvalue weighted by Gasteiger charge is -2.06. The summed E-state index contributed by atoms with van der Waals surface area (Å²) < 4.78 is 0. The summed E-state index contributed by atoms with van der Waals surface area (Å²) in [6, 6.07) is 9.91. The number of carbonyl (C=O) groups is 2. The number of ketones is 2. The molecule has 0 aromatic heterocycles. The number of aryl methyl sites for hydroxylation is 1. The van der Waals surface area contributed by atoms with Gasteiger partial charge < -0.3 is 0 Å². The van der Waals surface area contributed by atoms with E-state index in [0.29, 0.717) is 6.42 Å². The fourth-order valence-corrected chi connectivity index (χ4v) is 1.84. The zero-order chi connectivity index (χ0) is 11.3. The third kappa shape index (κ3) is 3.96. The van der Waals surface area contributed by atoms with Gasteiger partial charge in [-0.2, -0.15) is 0 Å².